The highest BCUT2D eigenvalue weighted by molar-refractivity contribution is 7.71. The van der Waals surface area contributed by atoms with Crippen LogP contribution in [0.15, 0.2) is 53.9 Å². The van der Waals surface area contributed by atoms with Gasteiger partial charge in [-0.1, -0.05) is 12.1 Å². The van der Waals surface area contributed by atoms with Crippen molar-refractivity contribution in [2.75, 3.05) is 17.7 Å². The molecule has 0 saturated heterocycles. The Hall–Kier alpha value is -3.22. The molecule has 0 aliphatic heterocycles. The van der Waals surface area contributed by atoms with Crippen molar-refractivity contribution >= 4 is 54.2 Å². The average Bonchev–Trinajstić information content (AvgIpc) is 3.30. The van der Waals surface area contributed by atoms with Crippen molar-refractivity contribution in [1.82, 2.24) is 9.97 Å². The van der Waals surface area contributed by atoms with Gasteiger partial charge in [-0.15, -0.1) is 11.3 Å². The number of nitrogens with one attached hydrogen (secondary N) is 2. The van der Waals surface area contributed by atoms with Crippen molar-refractivity contribution in [2.24, 2.45) is 0 Å². The zero-order chi connectivity index (χ0) is 27.0. The zero-order valence-electron chi connectivity index (χ0n) is 18.8. The number of amides is 1. The molecule has 0 bridgehead atoms. The van der Waals surface area contributed by atoms with E-state index in [0.29, 0.717) is 15.8 Å². The van der Waals surface area contributed by atoms with E-state index < -0.39 is 32.4 Å². The van der Waals surface area contributed by atoms with Gasteiger partial charge in [-0.25, -0.2) is 14.4 Å². The van der Waals surface area contributed by atoms with Gasteiger partial charge < -0.3 is 34.9 Å². The molecule has 194 valence electrons. The van der Waals surface area contributed by atoms with Gasteiger partial charge in [-0.2, -0.15) is 0 Å². The molecule has 16 heteroatoms. The van der Waals surface area contributed by atoms with Crippen molar-refractivity contribution in [3.05, 3.63) is 65.3 Å². The maximum absolute atomic E-state index is 14.0. The van der Waals surface area contributed by atoms with Gasteiger partial charge in [0.15, 0.2) is 17.4 Å². The van der Waals surface area contributed by atoms with E-state index in [2.05, 4.69) is 20.6 Å². The van der Waals surface area contributed by atoms with Gasteiger partial charge in [-0.3, -0.25) is 13.9 Å². The summed E-state index contributed by atoms with van der Waals surface area (Å²) in [6.07, 6.45) is 0. The first-order valence-corrected chi connectivity index (χ1v) is 14.5. The van der Waals surface area contributed by atoms with Crippen molar-refractivity contribution in [3.8, 4) is 17.1 Å². The van der Waals surface area contributed by atoms with E-state index in [0.717, 1.165) is 17.4 Å². The lowest BCUT2D eigenvalue weighted by molar-refractivity contribution is 0.102. The smallest absolute Gasteiger partial charge is 0.360 e. The van der Waals surface area contributed by atoms with Crippen LogP contribution in [-0.2, 0) is 9.13 Å². The number of carbonyl (C=O) groups excluding carboxylic acids is 1. The molecule has 0 aliphatic rings. The predicted octanol–water partition coefficient (Wildman–Crippen LogP) is 3.81. The highest BCUT2D eigenvalue weighted by Gasteiger charge is 2.44. The monoisotopic (exact) mass is 568 g/mol. The van der Waals surface area contributed by atoms with Crippen LogP contribution >= 0.6 is 26.5 Å². The molecule has 0 fully saturated rings. The van der Waals surface area contributed by atoms with E-state index in [-0.39, 0.29) is 28.6 Å². The Morgan fingerprint density at radius 2 is 1.78 bits per heavy atom. The summed E-state index contributed by atoms with van der Waals surface area (Å²) in [5, 5.41) is 6.38. The van der Waals surface area contributed by atoms with Crippen LogP contribution in [0.4, 0.5) is 15.9 Å². The Labute approximate surface area is 212 Å². The maximum atomic E-state index is 14.0. The van der Waals surface area contributed by atoms with Crippen molar-refractivity contribution in [2.45, 2.75) is 5.52 Å². The minimum Gasteiger partial charge on any atom is -0.494 e. The van der Waals surface area contributed by atoms with Gasteiger partial charge >= 0.3 is 15.2 Å². The summed E-state index contributed by atoms with van der Waals surface area (Å²) in [5.74, 6) is -1.38. The number of nitrogens with zero attached hydrogens (tertiary/aromatic N) is 2. The van der Waals surface area contributed by atoms with Crippen LogP contribution in [-0.4, -0.2) is 48.1 Å². The zero-order valence-corrected chi connectivity index (χ0v) is 21.4. The third-order valence-corrected chi connectivity index (χ3v) is 9.25. The van der Waals surface area contributed by atoms with Crippen LogP contribution in [0.3, 0.4) is 0 Å². The molecule has 37 heavy (non-hydrogen) atoms. The number of benzene rings is 2. The molecule has 0 unspecified atom stereocenters. The summed E-state index contributed by atoms with van der Waals surface area (Å²) in [5.41, 5.74) is -1.49. The van der Waals surface area contributed by atoms with Gasteiger partial charge in [-0.05, 0) is 35.7 Å². The number of halogens is 1. The minimum absolute atomic E-state index is 0.0186. The van der Waals surface area contributed by atoms with Crippen LogP contribution in [0.25, 0.3) is 21.6 Å². The van der Waals surface area contributed by atoms with Crippen molar-refractivity contribution in [1.29, 1.82) is 0 Å². The lowest BCUT2D eigenvalue weighted by Gasteiger charge is -2.21. The second-order valence-electron chi connectivity index (χ2n) is 7.61. The normalized spacial score (nSPS) is 12.1. The fourth-order valence-electron chi connectivity index (χ4n) is 3.32. The molecular formula is C21H19FN4O8P2S. The minimum atomic E-state index is -5.29. The predicted molar refractivity (Wildman–Crippen MR) is 135 cm³/mol. The number of fused-ring (bicyclic) bond motifs is 1. The topological polar surface area (TPSA) is 191 Å². The first-order chi connectivity index (χ1) is 17.4. The summed E-state index contributed by atoms with van der Waals surface area (Å²) >= 11 is 1.10. The molecular weight excluding hydrogens is 549 g/mol. The second-order valence-corrected chi connectivity index (χ2v) is 12.3. The number of carbonyl (C=O) groups is 1. The number of aromatic nitrogens is 2. The Bertz CT molecular complexity index is 1570. The van der Waals surface area contributed by atoms with E-state index in [1.165, 1.54) is 31.4 Å². The molecule has 0 aliphatic carbocycles. The van der Waals surface area contributed by atoms with Gasteiger partial charge in [0, 0.05) is 22.9 Å². The van der Waals surface area contributed by atoms with Crippen molar-refractivity contribution in [3.63, 3.8) is 0 Å². The summed E-state index contributed by atoms with van der Waals surface area (Å²) < 4.78 is 42.7. The van der Waals surface area contributed by atoms with Crippen LogP contribution < -0.4 is 15.4 Å². The molecule has 0 spiro atoms. The molecule has 0 atom stereocenters. The molecule has 6 N–H and O–H groups in total. The third kappa shape index (κ3) is 6.03. The fourth-order valence-corrected chi connectivity index (χ4v) is 6.26. The molecule has 4 aromatic rings. The molecule has 0 saturated carbocycles. The molecule has 4 rings (SSSR count). The molecule has 2 heterocycles. The fraction of sp³-hybridized carbons (Fsp3) is 0.0952. The van der Waals surface area contributed by atoms with Gasteiger partial charge in [0.25, 0.3) is 5.91 Å². The van der Waals surface area contributed by atoms with Gasteiger partial charge in [0.2, 0.25) is 5.52 Å². The van der Waals surface area contributed by atoms with E-state index in [4.69, 9.17) is 4.74 Å². The Morgan fingerprint density at radius 1 is 1.05 bits per heavy atom. The molecule has 0 radical (unpaired) electrons. The van der Waals surface area contributed by atoms with Gasteiger partial charge in [0.1, 0.15) is 5.82 Å². The number of ether oxygens (including phenoxy) is 1. The molecule has 2 aromatic heterocycles. The van der Waals surface area contributed by atoms with Crippen LogP contribution in [0.1, 0.15) is 10.4 Å². The first-order valence-electron chi connectivity index (χ1n) is 10.2. The van der Waals surface area contributed by atoms with E-state index in [9.17, 15) is 37.9 Å². The SMILES string of the molecule is COc1ccc(NC(=O)c2cccc(-c3nc(NC(P(=O)(O)O)P(=O)(O)O)c4sccc4n3)c2)cc1F. The number of rotatable bonds is 8. The second kappa shape index (κ2) is 10.3. The number of hydrogen-bond donors (Lipinski definition) is 6. The maximum Gasteiger partial charge on any atom is 0.360 e. The number of hydrogen-bond acceptors (Lipinski definition) is 8. The van der Waals surface area contributed by atoms with E-state index >= 15 is 0 Å². The summed E-state index contributed by atoms with van der Waals surface area (Å²) in [6, 6.07) is 11.6. The average molecular weight is 568 g/mol. The summed E-state index contributed by atoms with van der Waals surface area (Å²) in [6.45, 7) is 0. The Morgan fingerprint density at radius 3 is 2.43 bits per heavy atom. The number of thiophene rings is 1. The van der Waals surface area contributed by atoms with Crippen LogP contribution in [0.5, 0.6) is 5.75 Å². The largest absolute Gasteiger partial charge is 0.494 e. The summed E-state index contributed by atoms with van der Waals surface area (Å²) in [7, 11) is -9.26. The lowest BCUT2D eigenvalue weighted by Crippen LogP contribution is -2.21. The molecule has 12 nitrogen and oxygen atoms in total. The molecule has 1 amide bonds. The third-order valence-electron chi connectivity index (χ3n) is 5.00. The summed E-state index contributed by atoms with van der Waals surface area (Å²) in [4.78, 5) is 59.4. The lowest BCUT2D eigenvalue weighted by atomic mass is 10.1. The van der Waals surface area contributed by atoms with E-state index in [1.807, 2.05) is 0 Å². The number of methoxy groups -OCH3 is 1. The first kappa shape index (κ1) is 26.8. The quantitative estimate of drug-likeness (QED) is 0.169. The van der Waals surface area contributed by atoms with Crippen LogP contribution in [0, 0.1) is 5.82 Å². The highest BCUT2D eigenvalue weighted by atomic mass is 32.1. The Balaban J connectivity index is 1.68. The van der Waals surface area contributed by atoms with Crippen molar-refractivity contribution < 1.29 is 42.6 Å². The van der Waals surface area contributed by atoms with Crippen LogP contribution in [0.2, 0.25) is 0 Å². The Kier molecular flexibility index (Phi) is 7.45. The van der Waals surface area contributed by atoms with E-state index in [1.54, 1.807) is 23.6 Å². The number of anilines is 2. The standard InChI is InChI=1S/C21H19FN4O8P2S/c1-34-16-6-5-13(10-14(16)22)23-20(27)12-4-2-3-11(9-12)18-24-15-7-8-37-17(15)19(25-18)26-21(35(28,29)30)36(31,32)33/h2-10,21H,1H3,(H,23,27)(H,24,25,26)(H2,28,29,30)(H2,31,32,33). The highest BCUT2D eigenvalue weighted by Crippen LogP contribution is 2.59. The molecule has 2 aromatic carbocycles. The van der Waals surface area contributed by atoms with Gasteiger partial charge in [0.05, 0.1) is 17.3 Å².